The maximum atomic E-state index is 12.7. The molecule has 0 saturated carbocycles. The lowest BCUT2D eigenvalue weighted by Gasteiger charge is -2.31. The summed E-state index contributed by atoms with van der Waals surface area (Å²) in [5.74, 6) is 1.26. The highest BCUT2D eigenvalue weighted by atomic mass is 32.1. The lowest BCUT2D eigenvalue weighted by molar-refractivity contribution is -0.121. The van der Waals surface area contributed by atoms with Gasteiger partial charge in [0.15, 0.2) is 0 Å². The molecule has 0 spiro atoms. The average Bonchev–Trinajstić information content (AvgIpc) is 3.08. The van der Waals surface area contributed by atoms with Crippen molar-refractivity contribution in [3.8, 4) is 11.5 Å². The number of nitrogens with one attached hydrogen (secondary N) is 1. The van der Waals surface area contributed by atoms with E-state index >= 15 is 0 Å². The molecule has 1 aromatic carbocycles. The van der Waals surface area contributed by atoms with Gasteiger partial charge in [-0.15, -0.1) is 11.3 Å². The number of amides is 1. The third kappa shape index (κ3) is 3.39. The average molecular weight is 346 g/mol. The highest BCUT2D eigenvalue weighted by molar-refractivity contribution is 7.10. The van der Waals surface area contributed by atoms with Gasteiger partial charge in [-0.05, 0) is 42.5 Å². The monoisotopic (exact) mass is 346 g/mol. The Labute approximate surface area is 146 Å². The lowest BCUT2D eigenvalue weighted by atomic mass is 10.1. The number of hydrogen-bond donors (Lipinski definition) is 1. The van der Waals surface area contributed by atoms with Gasteiger partial charge in [0.1, 0.15) is 11.5 Å². The molecule has 0 radical (unpaired) electrons. The Kier molecular flexibility index (Phi) is 5.06. The van der Waals surface area contributed by atoms with E-state index in [1.54, 1.807) is 43.8 Å². The molecule has 1 aliphatic rings. The van der Waals surface area contributed by atoms with Crippen LogP contribution in [0.4, 0.5) is 5.69 Å². The van der Waals surface area contributed by atoms with Crippen molar-refractivity contribution in [2.75, 3.05) is 26.1 Å². The number of ether oxygens (including phenoxy) is 2. The summed E-state index contributed by atoms with van der Waals surface area (Å²) in [4.78, 5) is 16.3. The van der Waals surface area contributed by atoms with Crippen LogP contribution in [0.25, 0.3) is 0 Å². The van der Waals surface area contributed by atoms with Crippen molar-refractivity contribution in [1.29, 1.82) is 0 Å². The first-order valence-corrected chi connectivity index (χ1v) is 8.82. The Morgan fingerprint density at radius 2 is 2.12 bits per heavy atom. The van der Waals surface area contributed by atoms with Crippen molar-refractivity contribution in [3.63, 3.8) is 0 Å². The molecule has 0 fully saturated rings. The number of thiophene rings is 1. The number of anilines is 1. The summed E-state index contributed by atoms with van der Waals surface area (Å²) in [6, 6.07) is 7.31. The molecule has 128 valence electrons. The molecule has 2 aromatic rings. The van der Waals surface area contributed by atoms with Gasteiger partial charge in [-0.2, -0.15) is 0 Å². The molecule has 1 aromatic heterocycles. The minimum Gasteiger partial charge on any atom is -0.497 e. The molecule has 0 aliphatic carbocycles. The molecule has 5 nitrogen and oxygen atoms in total. The Bertz CT molecular complexity index is 729. The fourth-order valence-electron chi connectivity index (χ4n) is 2.92. The Balaban J connectivity index is 1.71. The summed E-state index contributed by atoms with van der Waals surface area (Å²) in [6.45, 7) is 3.67. The molecule has 3 rings (SSSR count). The first-order valence-electron chi connectivity index (χ1n) is 7.94. The van der Waals surface area contributed by atoms with E-state index in [0.717, 1.165) is 19.5 Å². The first-order chi connectivity index (χ1) is 11.6. The van der Waals surface area contributed by atoms with Gasteiger partial charge in [0.2, 0.25) is 5.91 Å². The van der Waals surface area contributed by atoms with E-state index in [1.165, 1.54) is 10.4 Å². The van der Waals surface area contributed by atoms with Crippen LogP contribution in [0.5, 0.6) is 11.5 Å². The zero-order valence-electron chi connectivity index (χ0n) is 14.2. The smallest absolute Gasteiger partial charge is 0.241 e. The zero-order valence-corrected chi connectivity index (χ0v) is 15.0. The van der Waals surface area contributed by atoms with Gasteiger partial charge in [0.05, 0.1) is 25.9 Å². The Morgan fingerprint density at radius 3 is 2.88 bits per heavy atom. The van der Waals surface area contributed by atoms with Gasteiger partial charge >= 0.3 is 0 Å². The van der Waals surface area contributed by atoms with Gasteiger partial charge < -0.3 is 14.8 Å². The number of hydrogen-bond acceptors (Lipinski definition) is 5. The van der Waals surface area contributed by atoms with Gasteiger partial charge in [-0.25, -0.2) is 0 Å². The summed E-state index contributed by atoms with van der Waals surface area (Å²) in [6.07, 6.45) is 1.01. The lowest BCUT2D eigenvalue weighted by Crippen LogP contribution is -2.44. The van der Waals surface area contributed by atoms with E-state index in [2.05, 4.69) is 21.7 Å². The van der Waals surface area contributed by atoms with Gasteiger partial charge in [-0.1, -0.05) is 0 Å². The molecule has 6 heteroatoms. The molecular formula is C18H22N2O3S. The van der Waals surface area contributed by atoms with Crippen LogP contribution in [0.2, 0.25) is 0 Å². The number of rotatable bonds is 5. The summed E-state index contributed by atoms with van der Waals surface area (Å²) in [7, 11) is 3.19. The van der Waals surface area contributed by atoms with Crippen LogP contribution in [0.1, 0.15) is 17.4 Å². The summed E-state index contributed by atoms with van der Waals surface area (Å²) in [5.41, 5.74) is 1.96. The largest absolute Gasteiger partial charge is 0.497 e. The SMILES string of the molecule is COc1ccc(OC)c(NC(=O)[C@H](C)N2CCc3sccc3C2)c1. The number of fused-ring (bicyclic) bond motifs is 1. The summed E-state index contributed by atoms with van der Waals surface area (Å²) >= 11 is 1.80. The molecule has 1 amide bonds. The minimum atomic E-state index is -0.214. The molecule has 2 heterocycles. The number of benzene rings is 1. The second-order valence-electron chi connectivity index (χ2n) is 5.82. The topological polar surface area (TPSA) is 50.8 Å². The molecule has 1 atom stereocenters. The highest BCUT2D eigenvalue weighted by Crippen LogP contribution is 2.30. The standard InChI is InChI=1S/C18H22N2O3S/c1-12(20-8-6-17-13(11-20)7-9-24-17)18(21)19-15-10-14(22-2)4-5-16(15)23-3/h4-5,7,9-10,12H,6,8,11H2,1-3H3,(H,19,21)/t12-/m0/s1. The van der Waals surface area contributed by atoms with Crippen LogP contribution >= 0.6 is 11.3 Å². The molecule has 0 unspecified atom stereocenters. The first kappa shape index (κ1) is 16.8. The van der Waals surface area contributed by atoms with E-state index in [9.17, 15) is 4.79 Å². The van der Waals surface area contributed by atoms with E-state index in [1.807, 2.05) is 6.92 Å². The molecule has 24 heavy (non-hydrogen) atoms. The van der Waals surface area contributed by atoms with Crippen LogP contribution < -0.4 is 14.8 Å². The number of carbonyl (C=O) groups excluding carboxylic acids is 1. The predicted molar refractivity (Wildman–Crippen MR) is 96.1 cm³/mol. The zero-order chi connectivity index (χ0) is 17.1. The van der Waals surface area contributed by atoms with Crippen molar-refractivity contribution in [2.24, 2.45) is 0 Å². The fourth-order valence-corrected chi connectivity index (χ4v) is 3.81. The van der Waals surface area contributed by atoms with Crippen LogP contribution in [0.15, 0.2) is 29.6 Å². The summed E-state index contributed by atoms with van der Waals surface area (Å²) < 4.78 is 10.6. The molecule has 1 N–H and O–H groups in total. The predicted octanol–water partition coefficient (Wildman–Crippen LogP) is 3.15. The van der Waals surface area contributed by atoms with Gasteiger partial charge in [-0.3, -0.25) is 9.69 Å². The van der Waals surface area contributed by atoms with Crippen LogP contribution in [-0.2, 0) is 17.8 Å². The number of methoxy groups -OCH3 is 2. The van der Waals surface area contributed by atoms with Crippen molar-refractivity contribution in [2.45, 2.75) is 25.9 Å². The van der Waals surface area contributed by atoms with Crippen LogP contribution in [0.3, 0.4) is 0 Å². The second-order valence-corrected chi connectivity index (χ2v) is 6.82. The van der Waals surface area contributed by atoms with Gasteiger partial charge in [0.25, 0.3) is 0 Å². The molecule has 0 bridgehead atoms. The minimum absolute atomic E-state index is 0.0415. The Morgan fingerprint density at radius 1 is 1.29 bits per heavy atom. The summed E-state index contributed by atoms with van der Waals surface area (Å²) in [5, 5.41) is 5.09. The van der Waals surface area contributed by atoms with Crippen molar-refractivity contribution >= 4 is 22.9 Å². The third-order valence-electron chi connectivity index (χ3n) is 4.43. The maximum Gasteiger partial charge on any atom is 0.241 e. The van der Waals surface area contributed by atoms with E-state index in [0.29, 0.717) is 17.2 Å². The van der Waals surface area contributed by atoms with E-state index in [4.69, 9.17) is 9.47 Å². The molecular weight excluding hydrogens is 324 g/mol. The highest BCUT2D eigenvalue weighted by Gasteiger charge is 2.26. The fraction of sp³-hybridized carbons (Fsp3) is 0.389. The van der Waals surface area contributed by atoms with Crippen molar-refractivity contribution < 1.29 is 14.3 Å². The third-order valence-corrected chi connectivity index (χ3v) is 5.45. The van der Waals surface area contributed by atoms with Crippen molar-refractivity contribution in [3.05, 3.63) is 40.1 Å². The number of nitrogens with zero attached hydrogens (tertiary/aromatic N) is 1. The van der Waals surface area contributed by atoms with Crippen LogP contribution in [-0.4, -0.2) is 37.6 Å². The van der Waals surface area contributed by atoms with Crippen LogP contribution in [0, 0.1) is 0 Å². The Hall–Kier alpha value is -2.05. The van der Waals surface area contributed by atoms with Crippen molar-refractivity contribution in [1.82, 2.24) is 4.90 Å². The quantitative estimate of drug-likeness (QED) is 0.904. The second kappa shape index (κ2) is 7.23. The molecule has 1 aliphatic heterocycles. The molecule has 0 saturated heterocycles. The number of carbonyl (C=O) groups is 1. The normalized spacial score (nSPS) is 15.5. The maximum absolute atomic E-state index is 12.7. The van der Waals surface area contributed by atoms with E-state index < -0.39 is 0 Å². The van der Waals surface area contributed by atoms with E-state index in [-0.39, 0.29) is 11.9 Å². The van der Waals surface area contributed by atoms with Gasteiger partial charge in [0, 0.05) is 24.0 Å².